The maximum absolute atomic E-state index is 12.2. The summed E-state index contributed by atoms with van der Waals surface area (Å²) in [6.07, 6.45) is -0.516. The van der Waals surface area contributed by atoms with Gasteiger partial charge in [-0.25, -0.2) is 0 Å². The SMILES string of the molecule is CCN(CC)CCNC(=O)C(C)Oc1cccc2ccccc12. The lowest BCUT2D eigenvalue weighted by Gasteiger charge is -2.20. The number of benzene rings is 2. The van der Waals surface area contributed by atoms with Crippen molar-refractivity contribution in [2.75, 3.05) is 26.2 Å². The highest BCUT2D eigenvalue weighted by Crippen LogP contribution is 2.25. The lowest BCUT2D eigenvalue weighted by atomic mass is 10.1. The van der Waals surface area contributed by atoms with Crippen molar-refractivity contribution in [3.63, 3.8) is 0 Å². The third kappa shape index (κ3) is 4.70. The number of rotatable bonds is 8. The summed E-state index contributed by atoms with van der Waals surface area (Å²) in [4.78, 5) is 14.5. The van der Waals surface area contributed by atoms with Gasteiger partial charge >= 0.3 is 0 Å². The molecule has 1 amide bonds. The van der Waals surface area contributed by atoms with E-state index in [2.05, 4.69) is 24.1 Å². The van der Waals surface area contributed by atoms with Crippen LogP contribution in [-0.4, -0.2) is 43.1 Å². The van der Waals surface area contributed by atoms with Crippen molar-refractivity contribution < 1.29 is 9.53 Å². The average molecular weight is 314 g/mol. The number of hydrogen-bond acceptors (Lipinski definition) is 3. The molecule has 0 spiro atoms. The average Bonchev–Trinajstić information content (AvgIpc) is 2.59. The Bertz CT molecular complexity index is 633. The van der Waals surface area contributed by atoms with E-state index < -0.39 is 6.10 Å². The molecule has 0 heterocycles. The summed E-state index contributed by atoms with van der Waals surface area (Å²) in [7, 11) is 0. The Balaban J connectivity index is 1.92. The normalized spacial score (nSPS) is 12.3. The molecule has 0 aliphatic heterocycles. The van der Waals surface area contributed by atoms with Crippen LogP contribution in [0.15, 0.2) is 42.5 Å². The van der Waals surface area contributed by atoms with Gasteiger partial charge in [-0.2, -0.15) is 0 Å². The highest BCUT2D eigenvalue weighted by atomic mass is 16.5. The number of amides is 1. The molecule has 2 aromatic rings. The number of likely N-dealkylation sites (N-methyl/N-ethyl adjacent to an activating group) is 1. The Hall–Kier alpha value is -2.07. The Kier molecular flexibility index (Phi) is 6.41. The van der Waals surface area contributed by atoms with Crippen LogP contribution in [0.25, 0.3) is 10.8 Å². The summed E-state index contributed by atoms with van der Waals surface area (Å²) in [5.41, 5.74) is 0. The molecule has 0 saturated carbocycles. The number of nitrogens with one attached hydrogen (secondary N) is 1. The van der Waals surface area contributed by atoms with E-state index in [0.717, 1.165) is 36.2 Å². The van der Waals surface area contributed by atoms with Crippen LogP contribution in [0.5, 0.6) is 5.75 Å². The molecule has 0 aromatic heterocycles. The molecule has 1 N–H and O–H groups in total. The van der Waals surface area contributed by atoms with Crippen molar-refractivity contribution >= 4 is 16.7 Å². The summed E-state index contributed by atoms with van der Waals surface area (Å²) < 4.78 is 5.87. The van der Waals surface area contributed by atoms with Crippen LogP contribution in [0.3, 0.4) is 0 Å². The molecule has 1 unspecified atom stereocenters. The van der Waals surface area contributed by atoms with Gasteiger partial charge in [0.1, 0.15) is 5.75 Å². The van der Waals surface area contributed by atoms with Crippen LogP contribution in [0.1, 0.15) is 20.8 Å². The first-order valence-electron chi connectivity index (χ1n) is 8.30. The quantitative estimate of drug-likeness (QED) is 0.814. The van der Waals surface area contributed by atoms with Crippen LogP contribution in [0, 0.1) is 0 Å². The molecule has 4 nitrogen and oxygen atoms in total. The molecule has 0 saturated heterocycles. The zero-order chi connectivity index (χ0) is 16.7. The molecule has 0 bridgehead atoms. The van der Waals surface area contributed by atoms with E-state index in [-0.39, 0.29) is 5.91 Å². The molecule has 2 aromatic carbocycles. The largest absolute Gasteiger partial charge is 0.480 e. The lowest BCUT2D eigenvalue weighted by Crippen LogP contribution is -2.40. The van der Waals surface area contributed by atoms with Gasteiger partial charge in [-0.05, 0) is 31.5 Å². The van der Waals surface area contributed by atoms with E-state index in [9.17, 15) is 4.79 Å². The van der Waals surface area contributed by atoms with Crippen molar-refractivity contribution in [1.29, 1.82) is 0 Å². The zero-order valence-electron chi connectivity index (χ0n) is 14.2. The first kappa shape index (κ1) is 17.3. The number of hydrogen-bond donors (Lipinski definition) is 1. The maximum atomic E-state index is 12.2. The minimum Gasteiger partial charge on any atom is -0.480 e. The van der Waals surface area contributed by atoms with Crippen molar-refractivity contribution in [2.45, 2.75) is 26.9 Å². The number of fused-ring (bicyclic) bond motifs is 1. The number of carbonyl (C=O) groups excluding carboxylic acids is 1. The molecule has 124 valence electrons. The Morgan fingerprint density at radius 1 is 1.13 bits per heavy atom. The highest BCUT2D eigenvalue weighted by Gasteiger charge is 2.15. The molecule has 0 radical (unpaired) electrons. The standard InChI is InChI=1S/C19H26N2O2/c1-4-21(5-2)14-13-20-19(22)15(3)23-18-12-8-10-16-9-6-7-11-17(16)18/h6-12,15H,4-5,13-14H2,1-3H3,(H,20,22). The second kappa shape index (κ2) is 8.53. The maximum Gasteiger partial charge on any atom is 0.260 e. The fourth-order valence-electron chi connectivity index (χ4n) is 2.56. The van der Waals surface area contributed by atoms with Gasteiger partial charge in [-0.1, -0.05) is 50.2 Å². The topological polar surface area (TPSA) is 41.6 Å². The fourth-order valence-corrected chi connectivity index (χ4v) is 2.56. The van der Waals surface area contributed by atoms with E-state index in [1.165, 1.54) is 0 Å². The zero-order valence-corrected chi connectivity index (χ0v) is 14.2. The monoisotopic (exact) mass is 314 g/mol. The number of ether oxygens (including phenoxy) is 1. The van der Waals surface area contributed by atoms with Crippen molar-refractivity contribution in [1.82, 2.24) is 10.2 Å². The van der Waals surface area contributed by atoms with Crippen molar-refractivity contribution in [3.8, 4) is 5.75 Å². The molecule has 23 heavy (non-hydrogen) atoms. The molecule has 0 aliphatic carbocycles. The fraction of sp³-hybridized carbons (Fsp3) is 0.421. The second-order valence-corrected chi connectivity index (χ2v) is 5.56. The Morgan fingerprint density at radius 2 is 1.83 bits per heavy atom. The van der Waals surface area contributed by atoms with Gasteiger partial charge in [-0.3, -0.25) is 4.79 Å². The third-order valence-electron chi connectivity index (χ3n) is 4.04. The van der Waals surface area contributed by atoms with Gasteiger partial charge in [0, 0.05) is 18.5 Å². The van der Waals surface area contributed by atoms with E-state index >= 15 is 0 Å². The van der Waals surface area contributed by atoms with Crippen LogP contribution in [0.2, 0.25) is 0 Å². The smallest absolute Gasteiger partial charge is 0.260 e. The molecule has 0 fully saturated rings. The molecule has 0 aliphatic rings. The second-order valence-electron chi connectivity index (χ2n) is 5.56. The van der Waals surface area contributed by atoms with E-state index in [4.69, 9.17) is 4.74 Å². The summed E-state index contributed by atoms with van der Waals surface area (Å²) in [5, 5.41) is 5.08. The lowest BCUT2D eigenvalue weighted by molar-refractivity contribution is -0.127. The van der Waals surface area contributed by atoms with Gasteiger partial charge in [0.05, 0.1) is 0 Å². The Morgan fingerprint density at radius 3 is 2.57 bits per heavy atom. The summed E-state index contributed by atoms with van der Waals surface area (Å²) >= 11 is 0. The molecular formula is C19H26N2O2. The highest BCUT2D eigenvalue weighted by molar-refractivity contribution is 5.89. The van der Waals surface area contributed by atoms with Crippen LogP contribution >= 0.6 is 0 Å². The minimum atomic E-state index is -0.516. The summed E-state index contributed by atoms with van der Waals surface area (Å²) in [6.45, 7) is 9.52. The summed E-state index contributed by atoms with van der Waals surface area (Å²) in [5.74, 6) is 0.666. The van der Waals surface area contributed by atoms with Gasteiger partial charge < -0.3 is 15.0 Å². The van der Waals surface area contributed by atoms with Gasteiger partial charge in [-0.15, -0.1) is 0 Å². The summed E-state index contributed by atoms with van der Waals surface area (Å²) in [6, 6.07) is 13.9. The van der Waals surface area contributed by atoms with Crippen LogP contribution in [0.4, 0.5) is 0 Å². The first-order valence-corrected chi connectivity index (χ1v) is 8.30. The molecule has 4 heteroatoms. The van der Waals surface area contributed by atoms with Crippen molar-refractivity contribution in [2.24, 2.45) is 0 Å². The predicted molar refractivity (Wildman–Crippen MR) is 94.8 cm³/mol. The first-order chi connectivity index (χ1) is 11.2. The van der Waals surface area contributed by atoms with Crippen molar-refractivity contribution in [3.05, 3.63) is 42.5 Å². The molecule has 1 atom stereocenters. The van der Waals surface area contributed by atoms with E-state index in [1.54, 1.807) is 6.92 Å². The molecule has 2 rings (SSSR count). The van der Waals surface area contributed by atoms with Gasteiger partial charge in [0.25, 0.3) is 5.91 Å². The minimum absolute atomic E-state index is 0.0786. The molecular weight excluding hydrogens is 288 g/mol. The van der Waals surface area contributed by atoms with Crippen LogP contribution < -0.4 is 10.1 Å². The third-order valence-corrected chi connectivity index (χ3v) is 4.04. The van der Waals surface area contributed by atoms with E-state index in [0.29, 0.717) is 6.54 Å². The van der Waals surface area contributed by atoms with Gasteiger partial charge in [0.15, 0.2) is 6.10 Å². The Labute approximate surface area is 138 Å². The number of carbonyl (C=O) groups is 1. The predicted octanol–water partition coefficient (Wildman–Crippen LogP) is 3.07. The van der Waals surface area contributed by atoms with Gasteiger partial charge in [0.2, 0.25) is 0 Å². The van der Waals surface area contributed by atoms with E-state index in [1.807, 2.05) is 42.5 Å². The van der Waals surface area contributed by atoms with Crippen LogP contribution in [-0.2, 0) is 4.79 Å². The number of nitrogens with zero attached hydrogens (tertiary/aromatic N) is 1.